The maximum Gasteiger partial charge on any atom is 0.404 e. The monoisotopic (exact) mass is 395 g/mol. The third-order valence-electron chi connectivity index (χ3n) is 6.37. The molecular weight excluding hydrogens is 369 g/mol. The predicted molar refractivity (Wildman–Crippen MR) is 111 cm³/mol. The molecule has 5 nitrogen and oxygen atoms in total. The second-order valence-corrected chi connectivity index (χ2v) is 8.20. The second-order valence-electron chi connectivity index (χ2n) is 8.20. The lowest BCUT2D eigenvalue weighted by Gasteiger charge is -2.33. The highest BCUT2D eigenvalue weighted by molar-refractivity contribution is 5.65. The summed E-state index contributed by atoms with van der Waals surface area (Å²) in [6.07, 6.45) is 8.66. The zero-order valence-electron chi connectivity index (χ0n) is 16.2. The second kappa shape index (κ2) is 8.33. The van der Waals surface area contributed by atoms with Crippen molar-refractivity contribution in [2.75, 3.05) is 0 Å². The number of fused-ring (bicyclic) bond motifs is 1. The molecule has 4 rings (SSSR count). The van der Waals surface area contributed by atoms with Crippen LogP contribution in [-0.4, -0.2) is 28.3 Å². The molecule has 1 unspecified atom stereocenters. The van der Waals surface area contributed by atoms with E-state index in [0.717, 1.165) is 42.5 Å². The Kier molecular flexibility index (Phi) is 5.62. The molecule has 1 heterocycles. The highest BCUT2D eigenvalue weighted by atomic mass is 19.1. The van der Waals surface area contributed by atoms with Crippen LogP contribution in [0.4, 0.5) is 9.18 Å². The fourth-order valence-electron chi connectivity index (χ4n) is 5.03. The SMILES string of the molecule is N[C@H]1C[C@@H]2CC(NC(=O)O)CC[C@H]2[C@@H]1C=Cc1ccc(-c2cccc(F)c2)cn1. The topological polar surface area (TPSA) is 88.2 Å². The number of nitrogens with zero attached hydrogens (tertiary/aromatic N) is 1. The minimum absolute atomic E-state index is 0.0423. The predicted octanol–water partition coefficient (Wildman–Crippen LogP) is 4.30. The van der Waals surface area contributed by atoms with Gasteiger partial charge in [-0.3, -0.25) is 4.98 Å². The number of nitrogens with one attached hydrogen (secondary N) is 1. The molecule has 5 atom stereocenters. The van der Waals surface area contributed by atoms with Crippen LogP contribution in [0.15, 0.2) is 48.7 Å². The summed E-state index contributed by atoms with van der Waals surface area (Å²) >= 11 is 0. The normalized spacial score (nSPS) is 29.0. The van der Waals surface area contributed by atoms with Crippen molar-refractivity contribution in [1.82, 2.24) is 10.3 Å². The molecule has 0 spiro atoms. The van der Waals surface area contributed by atoms with Crippen molar-refractivity contribution < 1.29 is 14.3 Å². The van der Waals surface area contributed by atoms with E-state index in [1.165, 1.54) is 12.1 Å². The van der Waals surface area contributed by atoms with E-state index >= 15 is 0 Å². The number of hydrogen-bond donors (Lipinski definition) is 3. The van der Waals surface area contributed by atoms with Gasteiger partial charge in [-0.1, -0.05) is 24.3 Å². The number of benzene rings is 1. The molecule has 152 valence electrons. The number of halogens is 1. The minimum Gasteiger partial charge on any atom is -0.465 e. The van der Waals surface area contributed by atoms with Gasteiger partial charge in [-0.05, 0) is 73.3 Å². The summed E-state index contributed by atoms with van der Waals surface area (Å²) in [7, 11) is 0. The van der Waals surface area contributed by atoms with E-state index in [-0.39, 0.29) is 23.8 Å². The summed E-state index contributed by atoms with van der Waals surface area (Å²) in [5.41, 5.74) is 8.95. The van der Waals surface area contributed by atoms with Crippen LogP contribution in [0.5, 0.6) is 0 Å². The first kappa shape index (κ1) is 19.6. The summed E-state index contributed by atoms with van der Waals surface area (Å²) in [6.45, 7) is 0. The molecule has 2 aromatic rings. The first-order valence-corrected chi connectivity index (χ1v) is 10.1. The quantitative estimate of drug-likeness (QED) is 0.720. The maximum absolute atomic E-state index is 13.4. The molecule has 2 aliphatic carbocycles. The molecule has 4 N–H and O–H groups in total. The van der Waals surface area contributed by atoms with E-state index in [2.05, 4.69) is 16.4 Å². The van der Waals surface area contributed by atoms with Gasteiger partial charge in [0.05, 0.1) is 5.69 Å². The van der Waals surface area contributed by atoms with E-state index in [1.807, 2.05) is 24.3 Å². The van der Waals surface area contributed by atoms with Crippen molar-refractivity contribution in [3.8, 4) is 11.1 Å². The van der Waals surface area contributed by atoms with Crippen molar-refractivity contribution in [3.05, 3.63) is 60.2 Å². The third kappa shape index (κ3) is 4.48. The number of hydrogen-bond acceptors (Lipinski definition) is 3. The Labute approximate surface area is 169 Å². The Bertz CT molecular complexity index is 899. The molecule has 2 aliphatic rings. The first-order chi connectivity index (χ1) is 14.0. The first-order valence-electron chi connectivity index (χ1n) is 10.1. The third-order valence-corrected chi connectivity index (χ3v) is 6.37. The van der Waals surface area contributed by atoms with Crippen molar-refractivity contribution in [1.29, 1.82) is 0 Å². The largest absolute Gasteiger partial charge is 0.465 e. The van der Waals surface area contributed by atoms with Crippen LogP contribution in [0.25, 0.3) is 17.2 Å². The van der Waals surface area contributed by atoms with Crippen molar-refractivity contribution in [3.63, 3.8) is 0 Å². The van der Waals surface area contributed by atoms with E-state index in [1.54, 1.807) is 12.3 Å². The molecule has 2 saturated carbocycles. The lowest BCUT2D eigenvalue weighted by Crippen LogP contribution is -2.39. The van der Waals surface area contributed by atoms with E-state index in [4.69, 9.17) is 10.8 Å². The Hall–Kier alpha value is -2.73. The highest BCUT2D eigenvalue weighted by Crippen LogP contribution is 2.46. The van der Waals surface area contributed by atoms with Crippen LogP contribution in [0.1, 0.15) is 31.4 Å². The standard InChI is InChI=1S/C23H26FN3O2/c24-17-3-1-2-14(10-17)15-4-5-18(26-13-15)6-9-21-20-8-7-19(27-23(28)29)11-16(20)12-22(21)25/h1-6,9-10,13,16,19-22,27H,7-8,11-12,25H2,(H,28,29)/t16-,19?,20+,21-,22-/m0/s1. The Morgan fingerprint density at radius 2 is 2.07 bits per heavy atom. The number of carboxylic acid groups (broad SMARTS) is 1. The molecule has 1 aromatic carbocycles. The summed E-state index contributed by atoms with van der Waals surface area (Å²) < 4.78 is 13.4. The summed E-state index contributed by atoms with van der Waals surface area (Å²) in [5.74, 6) is 0.994. The van der Waals surface area contributed by atoms with Crippen LogP contribution in [0.2, 0.25) is 0 Å². The molecule has 29 heavy (non-hydrogen) atoms. The number of carbonyl (C=O) groups is 1. The van der Waals surface area contributed by atoms with Gasteiger partial charge in [0, 0.05) is 23.8 Å². The maximum atomic E-state index is 13.4. The molecule has 1 amide bonds. The van der Waals surface area contributed by atoms with Crippen LogP contribution in [-0.2, 0) is 0 Å². The molecule has 6 heteroatoms. The molecule has 0 bridgehead atoms. The molecule has 2 fully saturated rings. The lowest BCUT2D eigenvalue weighted by atomic mass is 9.75. The number of rotatable bonds is 4. The number of nitrogens with two attached hydrogens (primary N) is 1. The Morgan fingerprint density at radius 3 is 2.79 bits per heavy atom. The van der Waals surface area contributed by atoms with Gasteiger partial charge in [-0.25, -0.2) is 9.18 Å². The smallest absolute Gasteiger partial charge is 0.404 e. The van der Waals surface area contributed by atoms with Gasteiger partial charge >= 0.3 is 6.09 Å². The number of amides is 1. The zero-order valence-corrected chi connectivity index (χ0v) is 16.2. The number of pyridine rings is 1. The average molecular weight is 395 g/mol. The molecular formula is C23H26FN3O2. The van der Waals surface area contributed by atoms with Gasteiger partial charge in [0.2, 0.25) is 0 Å². The van der Waals surface area contributed by atoms with Crippen LogP contribution in [0, 0.1) is 23.6 Å². The zero-order chi connectivity index (χ0) is 20.4. The van der Waals surface area contributed by atoms with Gasteiger partial charge in [-0.2, -0.15) is 0 Å². The summed E-state index contributed by atoms with van der Waals surface area (Å²) in [6, 6.07) is 10.5. The molecule has 1 aromatic heterocycles. The van der Waals surface area contributed by atoms with Gasteiger partial charge in [-0.15, -0.1) is 0 Å². The molecule has 0 radical (unpaired) electrons. The Balaban J connectivity index is 1.42. The van der Waals surface area contributed by atoms with E-state index in [9.17, 15) is 9.18 Å². The van der Waals surface area contributed by atoms with Crippen LogP contribution >= 0.6 is 0 Å². The van der Waals surface area contributed by atoms with Crippen LogP contribution in [0.3, 0.4) is 0 Å². The fourth-order valence-corrected chi connectivity index (χ4v) is 5.03. The molecule has 0 aliphatic heterocycles. The minimum atomic E-state index is -0.944. The van der Waals surface area contributed by atoms with Crippen LogP contribution < -0.4 is 11.1 Å². The summed E-state index contributed by atoms with van der Waals surface area (Å²) in [5, 5.41) is 11.6. The van der Waals surface area contributed by atoms with Gasteiger partial charge in [0.15, 0.2) is 0 Å². The van der Waals surface area contributed by atoms with E-state index in [0.29, 0.717) is 11.8 Å². The van der Waals surface area contributed by atoms with Crippen molar-refractivity contribution in [2.45, 2.75) is 37.8 Å². The number of aromatic nitrogens is 1. The van der Waals surface area contributed by atoms with Gasteiger partial charge < -0.3 is 16.2 Å². The van der Waals surface area contributed by atoms with Gasteiger partial charge in [0.25, 0.3) is 0 Å². The Morgan fingerprint density at radius 1 is 1.21 bits per heavy atom. The van der Waals surface area contributed by atoms with Crippen molar-refractivity contribution >= 4 is 12.2 Å². The summed E-state index contributed by atoms with van der Waals surface area (Å²) in [4.78, 5) is 15.4. The highest BCUT2D eigenvalue weighted by Gasteiger charge is 2.43. The lowest BCUT2D eigenvalue weighted by molar-refractivity contribution is 0.169. The van der Waals surface area contributed by atoms with Gasteiger partial charge in [0.1, 0.15) is 5.82 Å². The van der Waals surface area contributed by atoms with E-state index < -0.39 is 6.09 Å². The average Bonchev–Trinajstić information content (AvgIpc) is 3.00. The molecule has 0 saturated heterocycles. The van der Waals surface area contributed by atoms with Crippen molar-refractivity contribution in [2.24, 2.45) is 23.5 Å². The fraction of sp³-hybridized carbons (Fsp3) is 0.391.